The van der Waals surface area contributed by atoms with Crippen LogP contribution in [0.1, 0.15) is 11.1 Å². The minimum absolute atomic E-state index is 0.505. The van der Waals surface area contributed by atoms with Gasteiger partial charge in [0, 0.05) is 0 Å². The van der Waals surface area contributed by atoms with Crippen molar-refractivity contribution in [3.8, 4) is 0 Å². The Bertz CT molecular complexity index is 442. The van der Waals surface area contributed by atoms with E-state index in [1.54, 1.807) is 0 Å². The predicted octanol–water partition coefficient (Wildman–Crippen LogP) is 4.19. The molecule has 0 aliphatic carbocycles. The van der Waals surface area contributed by atoms with E-state index in [0.29, 0.717) is 13.2 Å². The number of hydrogen-bond acceptors (Lipinski definition) is 3. The van der Waals surface area contributed by atoms with Crippen LogP contribution >= 0.6 is 7.15 Å². The van der Waals surface area contributed by atoms with E-state index >= 15 is 0 Å². The second kappa shape index (κ2) is 7.34. The Labute approximate surface area is 113 Å². The zero-order valence-corrected chi connectivity index (χ0v) is 11.6. The lowest BCUT2D eigenvalue weighted by Crippen LogP contribution is -1.89. The van der Waals surface area contributed by atoms with Gasteiger partial charge in [-0.2, -0.15) is 0 Å². The number of benzene rings is 2. The molecule has 2 aromatic rings. The molecule has 0 amide bonds. The van der Waals surface area contributed by atoms with E-state index in [9.17, 15) is 0 Å². The van der Waals surface area contributed by atoms with Gasteiger partial charge in [-0.3, -0.25) is 0 Å². The summed E-state index contributed by atoms with van der Waals surface area (Å²) >= 11 is 5.16. The second-order valence-corrected chi connectivity index (χ2v) is 5.60. The highest BCUT2D eigenvalue weighted by Gasteiger charge is 2.14. The molecule has 0 aromatic heterocycles. The summed E-state index contributed by atoms with van der Waals surface area (Å²) in [5, 5.41) is 0. The third-order valence-electron chi connectivity index (χ3n) is 2.36. The maximum atomic E-state index is 5.51. The summed E-state index contributed by atoms with van der Waals surface area (Å²) in [5.74, 6) is 0. The van der Waals surface area contributed by atoms with E-state index in [1.165, 1.54) is 0 Å². The van der Waals surface area contributed by atoms with Gasteiger partial charge >= 0.3 is 7.15 Å². The van der Waals surface area contributed by atoms with Crippen LogP contribution in [0.25, 0.3) is 0 Å². The van der Waals surface area contributed by atoms with Gasteiger partial charge in [0.15, 0.2) is 0 Å². The summed E-state index contributed by atoms with van der Waals surface area (Å²) < 4.78 is 11.0. The molecule has 2 aromatic carbocycles. The van der Waals surface area contributed by atoms with Crippen molar-refractivity contribution in [2.24, 2.45) is 0 Å². The third-order valence-corrected chi connectivity index (χ3v) is 3.67. The van der Waals surface area contributed by atoms with Crippen LogP contribution in [0.4, 0.5) is 0 Å². The molecule has 0 N–H and O–H groups in total. The van der Waals surface area contributed by atoms with Crippen LogP contribution in [-0.4, -0.2) is 0 Å². The first-order valence-corrected chi connectivity index (χ1v) is 7.84. The molecule has 0 heterocycles. The van der Waals surface area contributed by atoms with E-state index in [0.717, 1.165) is 11.1 Å². The maximum Gasteiger partial charge on any atom is 0.522 e. The van der Waals surface area contributed by atoms with Gasteiger partial charge in [0.2, 0.25) is 11.8 Å². The van der Waals surface area contributed by atoms with Crippen molar-refractivity contribution in [1.82, 2.24) is 0 Å². The van der Waals surface area contributed by atoms with Crippen molar-refractivity contribution in [2.75, 3.05) is 0 Å². The Morgan fingerprint density at radius 3 is 1.50 bits per heavy atom. The molecule has 0 saturated heterocycles. The topological polar surface area (TPSA) is 18.5 Å². The van der Waals surface area contributed by atoms with Crippen LogP contribution in [0.15, 0.2) is 60.7 Å². The van der Waals surface area contributed by atoms with Crippen LogP contribution in [0.2, 0.25) is 0 Å². The zero-order chi connectivity index (χ0) is 12.6. The van der Waals surface area contributed by atoms with Gasteiger partial charge in [0.25, 0.3) is 0 Å². The van der Waals surface area contributed by atoms with Crippen LogP contribution < -0.4 is 0 Å². The highest BCUT2D eigenvalue weighted by atomic mass is 32.4. The highest BCUT2D eigenvalue weighted by molar-refractivity contribution is 8.00. The van der Waals surface area contributed by atoms with Gasteiger partial charge in [0.1, 0.15) is 13.2 Å². The highest BCUT2D eigenvalue weighted by Crippen LogP contribution is 2.27. The fourth-order valence-electron chi connectivity index (χ4n) is 1.44. The van der Waals surface area contributed by atoms with E-state index in [4.69, 9.17) is 20.9 Å². The largest absolute Gasteiger partial charge is 0.522 e. The van der Waals surface area contributed by atoms with Crippen molar-refractivity contribution >= 4 is 19.0 Å². The average molecular weight is 277 g/mol. The average Bonchev–Trinajstić information content (AvgIpc) is 2.45. The van der Waals surface area contributed by atoms with Crippen LogP contribution in [0.3, 0.4) is 0 Å². The Kier molecular flexibility index (Phi) is 5.43. The summed E-state index contributed by atoms with van der Waals surface area (Å²) in [6, 6.07) is 19.9. The molecular formula is C14H14O2PS+. The van der Waals surface area contributed by atoms with E-state index in [2.05, 4.69) is 0 Å². The second-order valence-electron chi connectivity index (χ2n) is 3.74. The number of rotatable bonds is 6. The van der Waals surface area contributed by atoms with Crippen LogP contribution in [0.5, 0.6) is 0 Å². The molecule has 18 heavy (non-hydrogen) atoms. The minimum atomic E-state index is -1.24. The molecule has 92 valence electrons. The minimum Gasteiger partial charge on any atom is -0.137 e. The van der Waals surface area contributed by atoms with Gasteiger partial charge in [-0.15, -0.1) is 9.05 Å². The summed E-state index contributed by atoms with van der Waals surface area (Å²) in [4.78, 5) is 0. The smallest absolute Gasteiger partial charge is 0.137 e. The van der Waals surface area contributed by atoms with Crippen LogP contribution in [0, 0.1) is 0 Å². The molecule has 4 heteroatoms. The standard InChI is InChI=1S/C14H14O2PS/c18-17(15-11-13-7-3-1-4-8-13)16-12-14-9-5-2-6-10-14/h1-10H,11-12H2/q+1. The molecule has 0 bridgehead atoms. The lowest BCUT2D eigenvalue weighted by Gasteiger charge is -1.97. The molecule has 0 saturated carbocycles. The van der Waals surface area contributed by atoms with E-state index in [-0.39, 0.29) is 0 Å². The Morgan fingerprint density at radius 2 is 1.11 bits per heavy atom. The normalized spacial score (nSPS) is 10.2. The van der Waals surface area contributed by atoms with Crippen molar-refractivity contribution in [2.45, 2.75) is 13.2 Å². The molecule has 0 aliphatic heterocycles. The molecule has 2 nitrogen and oxygen atoms in total. The van der Waals surface area contributed by atoms with Crippen molar-refractivity contribution < 1.29 is 9.05 Å². The first kappa shape index (κ1) is 13.3. The molecule has 0 spiro atoms. The fraction of sp³-hybridized carbons (Fsp3) is 0.143. The van der Waals surface area contributed by atoms with Crippen molar-refractivity contribution in [3.63, 3.8) is 0 Å². The first-order valence-electron chi connectivity index (χ1n) is 5.65. The van der Waals surface area contributed by atoms with Crippen molar-refractivity contribution in [1.29, 1.82) is 0 Å². The Hall–Kier alpha value is -1.12. The van der Waals surface area contributed by atoms with Gasteiger partial charge in [-0.25, -0.2) is 0 Å². The molecule has 2 rings (SSSR count). The molecule has 0 fully saturated rings. The third kappa shape index (κ3) is 4.63. The van der Waals surface area contributed by atoms with Crippen LogP contribution in [-0.2, 0) is 34.1 Å². The predicted molar refractivity (Wildman–Crippen MR) is 76.7 cm³/mol. The monoisotopic (exact) mass is 277 g/mol. The SMILES string of the molecule is S=[P+](OCc1ccccc1)OCc1ccccc1. The van der Waals surface area contributed by atoms with Gasteiger partial charge in [-0.1, -0.05) is 60.7 Å². The molecule has 0 atom stereocenters. The summed E-state index contributed by atoms with van der Waals surface area (Å²) in [5.41, 5.74) is 2.22. The zero-order valence-electron chi connectivity index (χ0n) is 9.86. The van der Waals surface area contributed by atoms with E-state index in [1.807, 2.05) is 60.7 Å². The summed E-state index contributed by atoms with van der Waals surface area (Å²) in [6.45, 7) is 1.01. The molecular weight excluding hydrogens is 263 g/mol. The lowest BCUT2D eigenvalue weighted by molar-refractivity contribution is 0.251. The Morgan fingerprint density at radius 1 is 0.722 bits per heavy atom. The Balaban J connectivity index is 1.73. The van der Waals surface area contributed by atoms with Crippen molar-refractivity contribution in [3.05, 3.63) is 71.8 Å². The summed E-state index contributed by atoms with van der Waals surface area (Å²) in [6.07, 6.45) is 0. The quantitative estimate of drug-likeness (QED) is 0.737. The molecule has 0 aliphatic rings. The van der Waals surface area contributed by atoms with E-state index < -0.39 is 7.15 Å². The summed E-state index contributed by atoms with van der Waals surface area (Å²) in [7, 11) is -1.24. The number of hydrogen-bond donors (Lipinski definition) is 0. The van der Waals surface area contributed by atoms with Gasteiger partial charge < -0.3 is 0 Å². The lowest BCUT2D eigenvalue weighted by atomic mass is 10.2. The fourth-order valence-corrected chi connectivity index (χ4v) is 2.34. The van der Waals surface area contributed by atoms with Gasteiger partial charge in [0.05, 0.1) is 0 Å². The maximum absolute atomic E-state index is 5.51. The molecule has 0 radical (unpaired) electrons. The first-order chi connectivity index (χ1) is 8.84. The molecule has 0 unspecified atom stereocenters. The van der Waals surface area contributed by atoms with Gasteiger partial charge in [-0.05, 0) is 11.1 Å².